The summed E-state index contributed by atoms with van der Waals surface area (Å²) in [6.07, 6.45) is -4.64. The third-order valence-electron chi connectivity index (χ3n) is 3.64. The van der Waals surface area contributed by atoms with Crippen molar-refractivity contribution < 1.29 is 22.7 Å². The van der Waals surface area contributed by atoms with Crippen molar-refractivity contribution in [3.63, 3.8) is 0 Å². The summed E-state index contributed by atoms with van der Waals surface area (Å²) in [5, 5.41) is 13.7. The summed E-state index contributed by atoms with van der Waals surface area (Å²) in [7, 11) is 1.55. The van der Waals surface area contributed by atoms with Crippen LogP contribution < -0.4 is 15.4 Å². The maximum Gasteiger partial charge on any atom is 0.418 e. The van der Waals surface area contributed by atoms with E-state index in [1.165, 1.54) is 17.4 Å². The summed E-state index contributed by atoms with van der Waals surface area (Å²) in [4.78, 5) is 12.1. The third kappa shape index (κ3) is 5.77. The zero-order valence-corrected chi connectivity index (χ0v) is 17.7. The Balaban J connectivity index is 1.60. The maximum absolute atomic E-state index is 13.1. The number of carbonyl (C=O) groups is 1. The number of nitrogens with zero attached hydrogens (tertiary/aromatic N) is 2. The molecule has 12 heteroatoms. The Morgan fingerprint density at radius 2 is 1.97 bits per heavy atom. The lowest BCUT2D eigenvalue weighted by Gasteiger charge is -2.13. The van der Waals surface area contributed by atoms with Crippen LogP contribution in [-0.2, 0) is 11.0 Å². The molecule has 3 aromatic rings. The van der Waals surface area contributed by atoms with Gasteiger partial charge >= 0.3 is 6.18 Å². The first-order chi connectivity index (χ1) is 14.3. The minimum Gasteiger partial charge on any atom is -0.495 e. The summed E-state index contributed by atoms with van der Waals surface area (Å²) < 4.78 is 45.1. The van der Waals surface area contributed by atoms with Gasteiger partial charge in [0, 0.05) is 5.02 Å². The molecule has 1 amide bonds. The van der Waals surface area contributed by atoms with Crippen LogP contribution in [0.5, 0.6) is 5.75 Å². The highest BCUT2D eigenvalue weighted by Gasteiger charge is 2.34. The van der Waals surface area contributed by atoms with Crippen LogP contribution in [0.25, 0.3) is 0 Å². The second-order valence-electron chi connectivity index (χ2n) is 5.72. The first-order valence-corrected chi connectivity index (χ1v) is 10.5. The number of nitrogens with one attached hydrogen (secondary N) is 2. The lowest BCUT2D eigenvalue weighted by atomic mass is 10.1. The summed E-state index contributed by atoms with van der Waals surface area (Å²) >= 11 is 7.90. The average molecular weight is 475 g/mol. The highest BCUT2D eigenvalue weighted by Crippen LogP contribution is 2.37. The van der Waals surface area contributed by atoms with Gasteiger partial charge in [0.1, 0.15) is 5.75 Å². The Hall–Kier alpha value is -2.50. The van der Waals surface area contributed by atoms with Crippen LogP contribution in [0, 0.1) is 0 Å². The van der Waals surface area contributed by atoms with Crippen molar-refractivity contribution in [1.29, 1.82) is 0 Å². The highest BCUT2D eigenvalue weighted by atomic mass is 35.5. The number of aromatic nitrogens is 2. The minimum absolute atomic E-state index is 0.0707. The molecule has 30 heavy (non-hydrogen) atoms. The van der Waals surface area contributed by atoms with Gasteiger partial charge in [-0.1, -0.05) is 46.8 Å². The van der Waals surface area contributed by atoms with Gasteiger partial charge in [-0.25, -0.2) is 0 Å². The molecule has 0 aliphatic rings. The van der Waals surface area contributed by atoms with Crippen molar-refractivity contribution in [3.8, 4) is 5.75 Å². The van der Waals surface area contributed by atoms with Gasteiger partial charge in [0.15, 0.2) is 4.34 Å². The second-order valence-corrected chi connectivity index (χ2v) is 8.36. The third-order valence-corrected chi connectivity index (χ3v) is 5.85. The topological polar surface area (TPSA) is 76.1 Å². The maximum atomic E-state index is 13.1. The number of halogens is 4. The summed E-state index contributed by atoms with van der Waals surface area (Å²) in [5.74, 6) is -0.115. The highest BCUT2D eigenvalue weighted by molar-refractivity contribution is 8.01. The molecule has 0 unspecified atom stereocenters. The van der Waals surface area contributed by atoms with Crippen molar-refractivity contribution in [2.45, 2.75) is 10.5 Å². The predicted octanol–water partition coefficient (Wildman–Crippen LogP) is 5.69. The van der Waals surface area contributed by atoms with Crippen molar-refractivity contribution in [1.82, 2.24) is 10.2 Å². The number of alkyl halides is 3. The number of rotatable bonds is 7. The largest absolute Gasteiger partial charge is 0.495 e. The van der Waals surface area contributed by atoms with E-state index in [4.69, 9.17) is 16.3 Å². The van der Waals surface area contributed by atoms with Gasteiger partial charge in [0.05, 0.1) is 29.8 Å². The van der Waals surface area contributed by atoms with Crippen LogP contribution in [0.2, 0.25) is 5.02 Å². The van der Waals surface area contributed by atoms with E-state index in [2.05, 4.69) is 20.8 Å². The van der Waals surface area contributed by atoms with Gasteiger partial charge in [-0.2, -0.15) is 13.2 Å². The lowest BCUT2D eigenvalue weighted by Crippen LogP contribution is -2.18. The fourth-order valence-corrected chi connectivity index (χ4v) is 4.09. The van der Waals surface area contributed by atoms with Gasteiger partial charge in [-0.15, -0.1) is 10.2 Å². The van der Waals surface area contributed by atoms with Crippen LogP contribution in [-0.4, -0.2) is 29.0 Å². The summed E-state index contributed by atoms with van der Waals surface area (Å²) in [6, 6.07) is 10.4. The second kappa shape index (κ2) is 9.54. The Labute approximate surface area is 182 Å². The van der Waals surface area contributed by atoms with Crippen LogP contribution in [0.4, 0.5) is 29.7 Å². The van der Waals surface area contributed by atoms with Crippen LogP contribution in [0.1, 0.15) is 5.56 Å². The van der Waals surface area contributed by atoms with Crippen molar-refractivity contribution in [2.24, 2.45) is 0 Å². The van der Waals surface area contributed by atoms with E-state index in [9.17, 15) is 18.0 Å². The number of thioether (sulfide) groups is 1. The lowest BCUT2D eigenvalue weighted by molar-refractivity contribution is -0.137. The average Bonchev–Trinajstić information content (AvgIpc) is 3.15. The van der Waals surface area contributed by atoms with Crippen LogP contribution in [0.15, 0.2) is 46.8 Å². The summed E-state index contributed by atoms with van der Waals surface area (Å²) in [5.41, 5.74) is -0.659. The van der Waals surface area contributed by atoms with Gasteiger partial charge in [-0.05, 0) is 30.3 Å². The number of amides is 1. The van der Waals surface area contributed by atoms with E-state index in [0.29, 0.717) is 20.9 Å². The molecule has 0 aliphatic heterocycles. The molecule has 3 rings (SSSR count). The van der Waals surface area contributed by atoms with Gasteiger partial charge in [-0.3, -0.25) is 4.79 Å². The molecule has 0 spiro atoms. The number of hydrogen-bond donors (Lipinski definition) is 2. The predicted molar refractivity (Wildman–Crippen MR) is 112 cm³/mol. The molecule has 1 aromatic heterocycles. The zero-order chi connectivity index (χ0) is 21.7. The van der Waals surface area contributed by atoms with Gasteiger partial charge in [0.2, 0.25) is 11.0 Å². The zero-order valence-electron chi connectivity index (χ0n) is 15.3. The molecule has 158 valence electrons. The van der Waals surface area contributed by atoms with Crippen molar-refractivity contribution in [2.75, 3.05) is 23.5 Å². The molecule has 6 nitrogen and oxygen atoms in total. The van der Waals surface area contributed by atoms with E-state index in [1.807, 2.05) is 18.2 Å². The Kier molecular flexibility index (Phi) is 7.06. The van der Waals surface area contributed by atoms with Crippen molar-refractivity contribution >= 4 is 57.1 Å². The van der Waals surface area contributed by atoms with E-state index in [0.717, 1.165) is 23.9 Å². The molecule has 0 bridgehead atoms. The molecule has 0 atom stereocenters. The number of anilines is 3. The Morgan fingerprint density at radius 3 is 2.70 bits per heavy atom. The number of methoxy groups -OCH3 is 1. The molecular formula is C18H14ClF3N4O2S2. The fraction of sp³-hybridized carbons (Fsp3) is 0.167. The molecule has 0 saturated heterocycles. The van der Waals surface area contributed by atoms with Crippen LogP contribution in [0.3, 0.4) is 0 Å². The monoisotopic (exact) mass is 474 g/mol. The van der Waals surface area contributed by atoms with Crippen LogP contribution >= 0.6 is 34.7 Å². The smallest absolute Gasteiger partial charge is 0.418 e. The number of para-hydroxylation sites is 2. The number of ether oxygens (including phenoxy) is 1. The standard InChI is InChI=1S/C18H14ClF3N4O2S2/c1-28-14-5-3-2-4-13(14)24-16-25-26-17(30-16)29-9-15(27)23-12-7-6-10(19)8-11(12)18(20,21)22/h2-8H,9H2,1H3,(H,23,27)(H,24,25). The SMILES string of the molecule is COc1ccccc1Nc1nnc(SCC(=O)Nc2ccc(Cl)cc2C(F)(F)F)s1. The molecule has 0 radical (unpaired) electrons. The van der Waals surface area contributed by atoms with Crippen molar-refractivity contribution in [3.05, 3.63) is 53.1 Å². The van der Waals surface area contributed by atoms with Gasteiger partial charge < -0.3 is 15.4 Å². The molecule has 1 heterocycles. The number of benzene rings is 2. The Morgan fingerprint density at radius 1 is 1.20 bits per heavy atom. The first kappa shape index (κ1) is 22.2. The van der Waals surface area contributed by atoms with E-state index >= 15 is 0 Å². The minimum atomic E-state index is -4.64. The van der Waals surface area contributed by atoms with Gasteiger partial charge in [0.25, 0.3) is 0 Å². The first-order valence-electron chi connectivity index (χ1n) is 8.29. The fourth-order valence-electron chi connectivity index (χ4n) is 2.36. The molecule has 2 aromatic carbocycles. The normalized spacial score (nSPS) is 11.2. The van der Waals surface area contributed by atoms with E-state index in [1.54, 1.807) is 13.2 Å². The molecule has 0 aliphatic carbocycles. The number of carbonyl (C=O) groups excluding carboxylic acids is 1. The quantitative estimate of drug-likeness (QED) is 0.428. The molecule has 0 fully saturated rings. The van der Waals surface area contributed by atoms with E-state index in [-0.39, 0.29) is 16.5 Å². The molecular weight excluding hydrogens is 461 g/mol. The molecule has 2 N–H and O–H groups in total. The molecule has 0 saturated carbocycles. The number of hydrogen-bond acceptors (Lipinski definition) is 7. The summed E-state index contributed by atoms with van der Waals surface area (Å²) in [6.45, 7) is 0. The van der Waals surface area contributed by atoms with E-state index < -0.39 is 17.6 Å². The Bertz CT molecular complexity index is 1050.